The number of hydrogen-bond donors (Lipinski definition) is 0. The number of hydrogen-bond acceptors (Lipinski definition) is 0. The SMILES string of the molecule is Cc1cc2c3c4c1CCC[Si]4(C)CC3(C)CCC2. The Labute approximate surface area is 112 Å². The molecule has 4 rings (SSSR count). The third kappa shape index (κ3) is 1.22. The van der Waals surface area contributed by atoms with E-state index in [2.05, 4.69) is 26.5 Å². The highest BCUT2D eigenvalue weighted by molar-refractivity contribution is 6.93. The molecule has 0 N–H and O–H groups in total. The molecule has 0 bridgehead atoms. The molecule has 96 valence electrons. The van der Waals surface area contributed by atoms with Crippen LogP contribution in [0.15, 0.2) is 6.07 Å². The summed E-state index contributed by atoms with van der Waals surface area (Å²) in [6.07, 6.45) is 7.06. The van der Waals surface area contributed by atoms with Gasteiger partial charge in [-0.25, -0.2) is 0 Å². The quantitative estimate of drug-likeness (QED) is 0.619. The molecule has 1 aromatic carbocycles. The van der Waals surface area contributed by atoms with E-state index in [1.807, 2.05) is 10.8 Å². The van der Waals surface area contributed by atoms with Crippen molar-refractivity contribution < 1.29 is 0 Å². The van der Waals surface area contributed by atoms with Crippen molar-refractivity contribution in [2.45, 2.75) is 70.0 Å². The highest BCUT2D eigenvalue weighted by Gasteiger charge is 2.52. The Bertz CT molecular complexity index is 545. The smallest absolute Gasteiger partial charge is 0.0652 e. The lowest BCUT2D eigenvalue weighted by Crippen LogP contribution is -2.46. The first-order valence-corrected chi connectivity index (χ1v) is 10.6. The van der Waals surface area contributed by atoms with E-state index in [9.17, 15) is 0 Å². The molecule has 2 atom stereocenters. The average Bonchev–Trinajstić information content (AvgIpc) is 2.54. The molecule has 1 aliphatic carbocycles. The minimum absolute atomic E-state index is 0.566. The fraction of sp³-hybridized carbons (Fsp3) is 0.647. The van der Waals surface area contributed by atoms with Crippen LogP contribution in [0.25, 0.3) is 0 Å². The fourth-order valence-electron chi connectivity index (χ4n) is 5.59. The van der Waals surface area contributed by atoms with Crippen LogP contribution in [0.5, 0.6) is 0 Å². The van der Waals surface area contributed by atoms with Gasteiger partial charge in [0.05, 0.1) is 8.07 Å². The zero-order valence-electron chi connectivity index (χ0n) is 12.0. The summed E-state index contributed by atoms with van der Waals surface area (Å²) >= 11 is 0. The van der Waals surface area contributed by atoms with Gasteiger partial charge in [-0.1, -0.05) is 37.2 Å². The van der Waals surface area contributed by atoms with E-state index in [0.29, 0.717) is 5.41 Å². The van der Waals surface area contributed by atoms with Crippen LogP contribution in [-0.2, 0) is 18.3 Å². The summed E-state index contributed by atoms with van der Waals surface area (Å²) in [6, 6.07) is 5.67. The van der Waals surface area contributed by atoms with E-state index in [1.165, 1.54) is 32.1 Å². The molecule has 0 aromatic heterocycles. The van der Waals surface area contributed by atoms with Crippen molar-refractivity contribution in [1.29, 1.82) is 0 Å². The van der Waals surface area contributed by atoms with Crippen molar-refractivity contribution in [2.24, 2.45) is 0 Å². The van der Waals surface area contributed by atoms with Gasteiger partial charge in [-0.05, 0) is 66.3 Å². The van der Waals surface area contributed by atoms with Crippen LogP contribution in [0.2, 0.25) is 18.6 Å². The van der Waals surface area contributed by atoms with Gasteiger partial charge in [-0.3, -0.25) is 0 Å². The lowest BCUT2D eigenvalue weighted by atomic mass is 9.71. The van der Waals surface area contributed by atoms with Gasteiger partial charge in [0.15, 0.2) is 0 Å². The molecule has 1 heteroatoms. The minimum atomic E-state index is -1.12. The molecule has 0 fully saturated rings. The Morgan fingerprint density at radius 3 is 2.89 bits per heavy atom. The van der Waals surface area contributed by atoms with Crippen molar-refractivity contribution in [3.8, 4) is 0 Å². The van der Waals surface area contributed by atoms with Crippen molar-refractivity contribution in [3.63, 3.8) is 0 Å². The Kier molecular flexibility index (Phi) is 2.07. The molecular formula is C17H24Si. The zero-order chi connectivity index (χ0) is 12.5. The first-order chi connectivity index (χ1) is 8.54. The molecule has 0 radical (unpaired) electrons. The van der Waals surface area contributed by atoms with Crippen LogP contribution >= 0.6 is 0 Å². The Hall–Kier alpha value is -0.563. The van der Waals surface area contributed by atoms with Crippen molar-refractivity contribution in [1.82, 2.24) is 0 Å². The van der Waals surface area contributed by atoms with Crippen molar-refractivity contribution in [2.75, 3.05) is 0 Å². The zero-order valence-corrected chi connectivity index (χ0v) is 13.0. The first kappa shape index (κ1) is 11.3. The molecule has 0 nitrogen and oxygen atoms in total. The second-order valence-electron chi connectivity index (χ2n) is 7.59. The second-order valence-corrected chi connectivity index (χ2v) is 12.1. The summed E-state index contributed by atoms with van der Waals surface area (Å²) in [4.78, 5) is 0. The number of rotatable bonds is 0. The van der Waals surface area contributed by atoms with Crippen molar-refractivity contribution >= 4 is 13.3 Å². The molecular weight excluding hydrogens is 232 g/mol. The molecule has 2 unspecified atom stereocenters. The molecule has 0 amide bonds. The second kappa shape index (κ2) is 3.30. The van der Waals surface area contributed by atoms with Crippen LogP contribution in [0.1, 0.15) is 48.4 Å². The topological polar surface area (TPSA) is 0 Å². The summed E-state index contributed by atoms with van der Waals surface area (Å²) in [5.41, 5.74) is 7.57. The summed E-state index contributed by atoms with van der Waals surface area (Å²) in [5, 5.41) is 1.95. The summed E-state index contributed by atoms with van der Waals surface area (Å²) in [7, 11) is -1.12. The van der Waals surface area contributed by atoms with E-state index >= 15 is 0 Å². The van der Waals surface area contributed by atoms with Crippen molar-refractivity contribution in [3.05, 3.63) is 28.3 Å². The normalized spacial score (nSPS) is 36.6. The minimum Gasteiger partial charge on any atom is -0.0652 e. The lowest BCUT2D eigenvalue weighted by molar-refractivity contribution is 0.438. The molecule has 0 spiro atoms. The maximum atomic E-state index is 2.69. The maximum absolute atomic E-state index is 2.69. The predicted molar refractivity (Wildman–Crippen MR) is 80.7 cm³/mol. The van der Waals surface area contributed by atoms with Crippen LogP contribution < -0.4 is 5.19 Å². The van der Waals surface area contributed by atoms with Crippen LogP contribution in [0.3, 0.4) is 0 Å². The van der Waals surface area contributed by atoms with Gasteiger partial charge in [-0.2, -0.15) is 0 Å². The molecule has 2 heterocycles. The highest BCUT2D eigenvalue weighted by atomic mass is 28.3. The van der Waals surface area contributed by atoms with Crippen LogP contribution in [0.4, 0.5) is 0 Å². The Balaban J connectivity index is 2.11. The molecule has 1 aromatic rings. The Morgan fingerprint density at radius 1 is 1.22 bits per heavy atom. The summed E-state index contributed by atoms with van der Waals surface area (Å²) in [6.45, 7) is 7.64. The van der Waals surface area contributed by atoms with E-state index in [0.717, 1.165) is 0 Å². The highest BCUT2D eigenvalue weighted by Crippen LogP contribution is 2.51. The van der Waals surface area contributed by atoms with Gasteiger partial charge in [0.25, 0.3) is 0 Å². The third-order valence-electron chi connectivity index (χ3n) is 6.06. The fourth-order valence-corrected chi connectivity index (χ4v) is 11.3. The van der Waals surface area contributed by atoms with E-state index in [1.54, 1.807) is 28.8 Å². The molecule has 18 heavy (non-hydrogen) atoms. The van der Waals surface area contributed by atoms with Gasteiger partial charge in [0.2, 0.25) is 0 Å². The van der Waals surface area contributed by atoms with Gasteiger partial charge >= 0.3 is 0 Å². The molecule has 3 aliphatic rings. The van der Waals surface area contributed by atoms with E-state index in [4.69, 9.17) is 0 Å². The lowest BCUT2D eigenvalue weighted by Gasteiger charge is -2.33. The summed E-state index contributed by atoms with van der Waals surface area (Å²) in [5.74, 6) is 0. The van der Waals surface area contributed by atoms with Gasteiger partial charge in [0.1, 0.15) is 0 Å². The third-order valence-corrected chi connectivity index (χ3v) is 10.8. The van der Waals surface area contributed by atoms with Gasteiger partial charge in [0, 0.05) is 0 Å². The monoisotopic (exact) mass is 256 g/mol. The number of benzene rings is 1. The molecule has 2 aliphatic heterocycles. The standard InChI is InChI=1S/C17H24Si/c1-12-10-13-6-4-8-17(2)11-18(3)9-5-7-14(12)16(18)15(13)17/h10H,4-9,11H2,1-3H3. The van der Waals surface area contributed by atoms with E-state index in [-0.39, 0.29) is 0 Å². The van der Waals surface area contributed by atoms with Gasteiger partial charge in [-0.15, -0.1) is 0 Å². The van der Waals surface area contributed by atoms with Crippen LogP contribution in [-0.4, -0.2) is 8.07 Å². The summed E-state index contributed by atoms with van der Waals surface area (Å²) < 4.78 is 0. The first-order valence-electron chi connectivity index (χ1n) is 7.70. The molecule has 0 saturated heterocycles. The van der Waals surface area contributed by atoms with Crippen LogP contribution in [0, 0.1) is 6.92 Å². The van der Waals surface area contributed by atoms with Gasteiger partial charge < -0.3 is 0 Å². The molecule has 0 saturated carbocycles. The number of aryl methyl sites for hydroxylation is 2. The predicted octanol–water partition coefficient (Wildman–Crippen LogP) is 3.83. The maximum Gasteiger partial charge on any atom is 0.0853 e. The largest absolute Gasteiger partial charge is 0.0853 e. The Morgan fingerprint density at radius 2 is 2.06 bits per heavy atom. The average molecular weight is 256 g/mol. The van der Waals surface area contributed by atoms with E-state index < -0.39 is 8.07 Å².